The second-order valence-electron chi connectivity index (χ2n) is 10.8. The maximum Gasteiger partial charge on any atom is 0.262 e. The van der Waals surface area contributed by atoms with E-state index in [1.807, 2.05) is 41.8 Å². The summed E-state index contributed by atoms with van der Waals surface area (Å²) in [7, 11) is 0. The molecule has 3 atom stereocenters. The van der Waals surface area contributed by atoms with Gasteiger partial charge in [0.1, 0.15) is 0 Å². The normalized spacial score (nSPS) is 20.6. The molecule has 0 saturated heterocycles. The number of aromatic nitrogens is 3. The summed E-state index contributed by atoms with van der Waals surface area (Å²) in [5, 5.41) is 1.32. The van der Waals surface area contributed by atoms with Crippen molar-refractivity contribution in [3.63, 3.8) is 0 Å². The van der Waals surface area contributed by atoms with Crippen molar-refractivity contribution in [2.24, 2.45) is 17.8 Å². The van der Waals surface area contributed by atoms with Crippen LogP contribution < -0.4 is 5.56 Å². The smallest absolute Gasteiger partial charge is 0.262 e. The molecule has 0 amide bonds. The molecule has 0 N–H and O–H groups in total. The first kappa shape index (κ1) is 25.7. The lowest BCUT2D eigenvalue weighted by molar-refractivity contribution is 0.102. The molecule has 3 aromatic rings. The number of hydrogen-bond acceptors (Lipinski definition) is 4. The maximum absolute atomic E-state index is 13.7. The van der Waals surface area contributed by atoms with Crippen LogP contribution in [0.4, 0.5) is 0 Å². The van der Waals surface area contributed by atoms with Crippen LogP contribution in [-0.2, 0) is 6.54 Å². The van der Waals surface area contributed by atoms with Crippen molar-refractivity contribution in [3.8, 4) is 0 Å². The van der Waals surface area contributed by atoms with Gasteiger partial charge in [-0.15, -0.1) is 0 Å². The maximum atomic E-state index is 13.7. The number of carbonyl (C=O) groups is 1. The molecular formula is C29H39N3O2S. The van der Waals surface area contributed by atoms with Gasteiger partial charge in [-0.05, 0) is 62.6 Å². The summed E-state index contributed by atoms with van der Waals surface area (Å²) in [6.45, 7) is 14.0. The molecule has 0 unspecified atom stereocenters. The zero-order chi connectivity index (χ0) is 25.3. The Balaban J connectivity index is 1.65. The van der Waals surface area contributed by atoms with Gasteiger partial charge >= 0.3 is 0 Å². The number of aryl methyl sites for hydroxylation is 1. The monoisotopic (exact) mass is 493 g/mol. The van der Waals surface area contributed by atoms with Crippen LogP contribution in [0.15, 0.2) is 40.3 Å². The van der Waals surface area contributed by atoms with E-state index >= 15 is 0 Å². The third kappa shape index (κ3) is 5.28. The molecule has 6 heteroatoms. The lowest BCUT2D eigenvalue weighted by Gasteiger charge is -2.36. The lowest BCUT2D eigenvalue weighted by Crippen LogP contribution is -2.35. The molecule has 2 heterocycles. The highest BCUT2D eigenvalue weighted by Gasteiger charge is 2.31. The molecule has 0 bridgehead atoms. The van der Waals surface area contributed by atoms with Crippen LogP contribution in [-0.4, -0.2) is 25.7 Å². The van der Waals surface area contributed by atoms with Gasteiger partial charge in [0.15, 0.2) is 10.9 Å². The fraction of sp³-hybridized carbons (Fsp3) is 0.552. The van der Waals surface area contributed by atoms with E-state index in [1.54, 1.807) is 0 Å². The molecule has 1 fully saturated rings. The van der Waals surface area contributed by atoms with Gasteiger partial charge < -0.3 is 4.57 Å². The Hall–Kier alpha value is -2.34. The van der Waals surface area contributed by atoms with E-state index in [0.717, 1.165) is 42.8 Å². The van der Waals surface area contributed by atoms with E-state index in [4.69, 9.17) is 4.98 Å². The number of nitrogens with zero attached hydrogens (tertiary/aromatic N) is 3. The Bertz CT molecular complexity index is 1270. The van der Waals surface area contributed by atoms with Crippen LogP contribution in [0.1, 0.15) is 81.2 Å². The summed E-state index contributed by atoms with van der Waals surface area (Å²) < 4.78 is 4.17. The second-order valence-corrected chi connectivity index (χ2v) is 11.7. The summed E-state index contributed by atoms with van der Waals surface area (Å²) >= 11 is 1.41. The Morgan fingerprint density at radius 3 is 2.66 bits per heavy atom. The van der Waals surface area contributed by atoms with Crippen molar-refractivity contribution in [2.45, 2.75) is 85.0 Å². The third-order valence-electron chi connectivity index (χ3n) is 7.91. The zero-order valence-electron chi connectivity index (χ0n) is 22.0. The molecule has 1 saturated carbocycles. The van der Waals surface area contributed by atoms with Gasteiger partial charge in [-0.1, -0.05) is 64.4 Å². The number of carbonyl (C=O) groups excluding carboxylic acids is 1. The van der Waals surface area contributed by atoms with Gasteiger partial charge in [-0.3, -0.25) is 14.2 Å². The first-order valence-corrected chi connectivity index (χ1v) is 14.0. The van der Waals surface area contributed by atoms with Crippen LogP contribution in [0.25, 0.3) is 10.9 Å². The van der Waals surface area contributed by atoms with Gasteiger partial charge in [0, 0.05) is 29.5 Å². The number of Topliss-reactive ketones (excluding diaryl/α,β-unsaturated/α-hetero) is 1. The molecule has 35 heavy (non-hydrogen) atoms. The van der Waals surface area contributed by atoms with E-state index in [9.17, 15) is 9.59 Å². The molecule has 2 aromatic heterocycles. The van der Waals surface area contributed by atoms with Gasteiger partial charge in [0.25, 0.3) is 5.56 Å². The van der Waals surface area contributed by atoms with Crippen LogP contribution in [0.5, 0.6) is 0 Å². The molecule has 0 radical (unpaired) electrons. The summed E-state index contributed by atoms with van der Waals surface area (Å²) in [5.41, 5.74) is 3.66. The molecule has 188 valence electrons. The summed E-state index contributed by atoms with van der Waals surface area (Å²) in [5.74, 6) is 1.93. The van der Waals surface area contributed by atoms with Gasteiger partial charge in [0.05, 0.1) is 16.7 Å². The minimum atomic E-state index is 0.0170. The highest BCUT2D eigenvalue weighted by Crippen LogP contribution is 2.39. The summed E-state index contributed by atoms with van der Waals surface area (Å²) in [4.78, 5) is 31.9. The Morgan fingerprint density at radius 2 is 1.91 bits per heavy atom. The number of hydrogen-bond donors (Lipinski definition) is 0. The zero-order valence-corrected chi connectivity index (χ0v) is 22.8. The van der Waals surface area contributed by atoms with Crippen molar-refractivity contribution in [3.05, 3.63) is 57.6 Å². The molecule has 0 aliphatic heterocycles. The number of benzene rings is 1. The summed E-state index contributed by atoms with van der Waals surface area (Å²) in [6.07, 6.45) is 4.37. The standard InChI is InChI=1S/C29H39N3O2S/c1-18(2)14-15-31-20(4)16-24(22(31)6)27(33)17-35-29-30-25-12-8-7-11-23(25)28(34)32(29)26-13-9-10-19(3)21(26)5/h7-8,11-12,16,18-19,21,26H,9-10,13-15,17H2,1-6H3/t19-,21+,26-/m1/s1. The van der Waals surface area contributed by atoms with Crippen LogP contribution in [0.2, 0.25) is 0 Å². The van der Waals surface area contributed by atoms with E-state index in [0.29, 0.717) is 33.8 Å². The number of fused-ring (bicyclic) bond motifs is 1. The Morgan fingerprint density at radius 1 is 1.17 bits per heavy atom. The minimum Gasteiger partial charge on any atom is -0.348 e. The van der Waals surface area contributed by atoms with E-state index < -0.39 is 0 Å². The topological polar surface area (TPSA) is 56.9 Å². The predicted molar refractivity (Wildman–Crippen MR) is 146 cm³/mol. The van der Waals surface area contributed by atoms with Gasteiger partial charge in [-0.25, -0.2) is 4.98 Å². The molecule has 0 spiro atoms. The highest BCUT2D eigenvalue weighted by molar-refractivity contribution is 7.99. The fourth-order valence-electron chi connectivity index (χ4n) is 5.46. The lowest BCUT2D eigenvalue weighted by atomic mass is 9.78. The van der Waals surface area contributed by atoms with Gasteiger partial charge in [-0.2, -0.15) is 0 Å². The number of thioether (sulfide) groups is 1. The van der Waals surface area contributed by atoms with Crippen molar-refractivity contribution < 1.29 is 4.79 Å². The Labute approximate surface area is 213 Å². The molecule has 1 aliphatic rings. The molecule has 1 aromatic carbocycles. The first-order chi connectivity index (χ1) is 16.7. The summed E-state index contributed by atoms with van der Waals surface area (Å²) in [6, 6.07) is 9.70. The third-order valence-corrected chi connectivity index (χ3v) is 8.86. The predicted octanol–water partition coefficient (Wildman–Crippen LogP) is 6.83. The molecule has 5 nitrogen and oxygen atoms in total. The van der Waals surface area contributed by atoms with E-state index in [2.05, 4.69) is 39.2 Å². The number of ketones is 1. The van der Waals surface area contributed by atoms with Crippen molar-refractivity contribution in [2.75, 3.05) is 5.75 Å². The van der Waals surface area contributed by atoms with Crippen molar-refractivity contribution in [1.29, 1.82) is 0 Å². The second kappa shape index (κ2) is 10.7. The van der Waals surface area contributed by atoms with Crippen LogP contribution >= 0.6 is 11.8 Å². The molecule has 4 rings (SSSR count). The average Bonchev–Trinajstić information content (AvgIpc) is 3.11. The molecule has 1 aliphatic carbocycles. The van der Waals surface area contributed by atoms with Crippen molar-refractivity contribution in [1.82, 2.24) is 14.1 Å². The number of para-hydroxylation sites is 1. The van der Waals surface area contributed by atoms with Gasteiger partial charge in [0.2, 0.25) is 0 Å². The molecular weight excluding hydrogens is 454 g/mol. The highest BCUT2D eigenvalue weighted by atomic mass is 32.2. The van der Waals surface area contributed by atoms with E-state index in [1.165, 1.54) is 18.2 Å². The van der Waals surface area contributed by atoms with Crippen LogP contribution in [0.3, 0.4) is 0 Å². The van der Waals surface area contributed by atoms with E-state index in [-0.39, 0.29) is 23.1 Å². The Kier molecular flexibility index (Phi) is 7.89. The SMILES string of the molecule is Cc1cc(C(=O)CSc2nc3ccccc3c(=O)n2[C@@H]2CCC[C@@H](C)[C@@H]2C)c(C)n1CCC(C)C. The number of rotatable bonds is 8. The van der Waals surface area contributed by atoms with Crippen molar-refractivity contribution >= 4 is 28.4 Å². The largest absolute Gasteiger partial charge is 0.348 e. The quantitative estimate of drug-likeness (QED) is 0.196. The first-order valence-electron chi connectivity index (χ1n) is 13.0. The average molecular weight is 494 g/mol. The minimum absolute atomic E-state index is 0.0170. The van der Waals surface area contributed by atoms with Crippen LogP contribution in [0, 0.1) is 31.6 Å². The fourth-order valence-corrected chi connectivity index (χ4v) is 6.40.